The molecule has 0 saturated heterocycles. The lowest BCUT2D eigenvalue weighted by atomic mass is 10.1. The first-order chi connectivity index (χ1) is 19.1. The van der Waals surface area contributed by atoms with Crippen molar-refractivity contribution >= 4 is 55.1 Å². The highest BCUT2D eigenvalue weighted by Gasteiger charge is 2.34. The lowest BCUT2D eigenvalue weighted by molar-refractivity contribution is -0.139. The van der Waals surface area contributed by atoms with Crippen molar-refractivity contribution in [1.29, 1.82) is 0 Å². The van der Waals surface area contributed by atoms with Crippen LogP contribution < -0.4 is 14.4 Å². The van der Waals surface area contributed by atoms with Crippen molar-refractivity contribution < 1.29 is 22.7 Å². The fraction of sp³-hybridized carbons (Fsp3) is 0.310. The maximum Gasteiger partial charge on any atom is 0.264 e. The number of nitrogens with zero attached hydrogens (tertiary/aromatic N) is 2. The number of carbonyl (C=O) groups excluding carboxylic acids is 2. The van der Waals surface area contributed by atoms with Gasteiger partial charge in [0.15, 0.2) is 0 Å². The number of nitrogens with one attached hydrogen (secondary N) is 1. The third-order valence-electron chi connectivity index (χ3n) is 6.26. The minimum atomic E-state index is -4.24. The summed E-state index contributed by atoms with van der Waals surface area (Å²) < 4.78 is 35.1. The van der Waals surface area contributed by atoms with Gasteiger partial charge in [0, 0.05) is 22.6 Å². The zero-order valence-corrected chi connectivity index (χ0v) is 25.8. The highest BCUT2D eigenvalue weighted by atomic mass is 79.9. The van der Waals surface area contributed by atoms with Crippen molar-refractivity contribution in [2.75, 3.05) is 24.5 Å². The normalized spacial score (nSPS) is 11.9. The summed E-state index contributed by atoms with van der Waals surface area (Å²) in [7, 11) is -2.83. The Morgan fingerprint density at radius 3 is 2.42 bits per heavy atom. The molecule has 0 aliphatic rings. The number of amides is 2. The number of unbranched alkanes of at least 4 members (excludes halogenated alkanes) is 1. The van der Waals surface area contributed by atoms with Gasteiger partial charge in [-0.15, -0.1) is 0 Å². The van der Waals surface area contributed by atoms with E-state index in [1.807, 2.05) is 31.2 Å². The van der Waals surface area contributed by atoms with Crippen molar-refractivity contribution in [2.45, 2.75) is 44.2 Å². The summed E-state index contributed by atoms with van der Waals surface area (Å²) in [6.07, 6.45) is 1.71. The van der Waals surface area contributed by atoms with E-state index >= 15 is 0 Å². The van der Waals surface area contributed by atoms with E-state index in [0.717, 1.165) is 27.2 Å². The van der Waals surface area contributed by atoms with Crippen LogP contribution in [0.2, 0.25) is 5.02 Å². The molecule has 11 heteroatoms. The third-order valence-corrected chi connectivity index (χ3v) is 8.76. The molecule has 40 heavy (non-hydrogen) atoms. The first-order valence-electron chi connectivity index (χ1n) is 12.8. The topological polar surface area (TPSA) is 96.0 Å². The van der Waals surface area contributed by atoms with Gasteiger partial charge in [0.05, 0.1) is 17.7 Å². The average Bonchev–Trinajstić information content (AvgIpc) is 2.94. The Balaban J connectivity index is 2.06. The summed E-state index contributed by atoms with van der Waals surface area (Å²) in [6, 6.07) is 18.9. The average molecular weight is 651 g/mol. The lowest BCUT2D eigenvalue weighted by Crippen LogP contribution is -2.51. The van der Waals surface area contributed by atoms with Gasteiger partial charge in [-0.25, -0.2) is 8.42 Å². The fourth-order valence-electron chi connectivity index (χ4n) is 4.04. The summed E-state index contributed by atoms with van der Waals surface area (Å²) >= 11 is 9.70. The van der Waals surface area contributed by atoms with E-state index in [1.165, 1.54) is 30.2 Å². The lowest BCUT2D eigenvalue weighted by Gasteiger charge is -2.32. The minimum absolute atomic E-state index is 0.00581. The van der Waals surface area contributed by atoms with Gasteiger partial charge in [0.2, 0.25) is 11.8 Å². The van der Waals surface area contributed by atoms with Gasteiger partial charge in [0.1, 0.15) is 18.3 Å². The maximum atomic E-state index is 14.0. The molecule has 0 aliphatic carbocycles. The predicted molar refractivity (Wildman–Crippen MR) is 161 cm³/mol. The number of hydrogen-bond acceptors (Lipinski definition) is 5. The molecule has 1 N–H and O–H groups in total. The van der Waals surface area contributed by atoms with E-state index in [-0.39, 0.29) is 33.8 Å². The van der Waals surface area contributed by atoms with Gasteiger partial charge in [-0.1, -0.05) is 71.2 Å². The molecule has 0 fully saturated rings. The number of sulfonamides is 1. The molecule has 0 saturated carbocycles. The highest BCUT2D eigenvalue weighted by Crippen LogP contribution is 2.35. The number of ether oxygens (including phenoxy) is 1. The van der Waals surface area contributed by atoms with E-state index in [9.17, 15) is 18.0 Å². The molecule has 8 nitrogen and oxygen atoms in total. The van der Waals surface area contributed by atoms with E-state index < -0.39 is 28.5 Å². The summed E-state index contributed by atoms with van der Waals surface area (Å²) in [5.74, 6) is -0.671. The summed E-state index contributed by atoms with van der Waals surface area (Å²) in [5.41, 5.74) is 0.878. The Hall–Kier alpha value is -3.08. The van der Waals surface area contributed by atoms with Crippen LogP contribution in [-0.4, -0.2) is 51.4 Å². The number of methoxy groups -OCH3 is 1. The number of anilines is 1. The summed E-state index contributed by atoms with van der Waals surface area (Å²) in [5, 5.41) is 3.14. The first kappa shape index (κ1) is 31.4. The number of benzene rings is 3. The van der Waals surface area contributed by atoms with Gasteiger partial charge < -0.3 is 15.0 Å². The van der Waals surface area contributed by atoms with Crippen LogP contribution in [-0.2, 0) is 26.2 Å². The Kier molecular flexibility index (Phi) is 11.4. The van der Waals surface area contributed by atoms with E-state index in [4.69, 9.17) is 16.3 Å². The molecule has 0 aliphatic heterocycles. The van der Waals surface area contributed by atoms with Crippen LogP contribution in [0.3, 0.4) is 0 Å². The van der Waals surface area contributed by atoms with Crippen molar-refractivity contribution in [2.24, 2.45) is 0 Å². The van der Waals surface area contributed by atoms with Gasteiger partial charge >= 0.3 is 0 Å². The zero-order valence-electron chi connectivity index (χ0n) is 22.6. The Bertz CT molecular complexity index is 1420. The van der Waals surface area contributed by atoms with Gasteiger partial charge in [-0.05, 0) is 61.4 Å². The molecule has 0 spiro atoms. The molecule has 214 valence electrons. The summed E-state index contributed by atoms with van der Waals surface area (Å²) in [4.78, 5) is 28.4. The fourth-order valence-corrected chi connectivity index (χ4v) is 6.09. The smallest absolute Gasteiger partial charge is 0.264 e. The standard InChI is InChI=1S/C29H33BrClN3O5S/c1-4-5-16-32-29(36)21(2)33(19-22-10-9-11-23(30)17-22)28(35)20-34(26-18-24(31)14-15-27(26)39-3)40(37,38)25-12-7-6-8-13-25/h6-15,17-18,21H,4-5,16,19-20H2,1-3H3,(H,32,36)/t21-/m1/s1. The SMILES string of the molecule is CCCCNC(=O)[C@@H](C)N(Cc1cccc(Br)c1)C(=O)CN(c1cc(Cl)ccc1OC)S(=O)(=O)c1ccccc1. The molecule has 0 radical (unpaired) electrons. The monoisotopic (exact) mass is 649 g/mol. The molecule has 1 atom stereocenters. The van der Waals surface area contributed by atoms with E-state index in [1.54, 1.807) is 37.3 Å². The van der Waals surface area contributed by atoms with Gasteiger partial charge in [0.25, 0.3) is 10.0 Å². The molecule has 0 heterocycles. The molecule has 3 rings (SSSR count). The quantitative estimate of drug-likeness (QED) is 0.242. The molecule has 0 bridgehead atoms. The predicted octanol–water partition coefficient (Wildman–Crippen LogP) is 5.64. The van der Waals surface area contributed by atoms with Crippen molar-refractivity contribution in [1.82, 2.24) is 10.2 Å². The second-order valence-electron chi connectivity index (χ2n) is 9.11. The largest absolute Gasteiger partial charge is 0.495 e. The van der Waals surface area contributed by atoms with Crippen LogP contribution in [0.15, 0.2) is 82.2 Å². The Labute approximate surface area is 249 Å². The number of hydrogen-bond donors (Lipinski definition) is 1. The molecular formula is C29H33BrClN3O5S. The van der Waals surface area contributed by atoms with Crippen molar-refractivity contribution in [3.05, 3.63) is 87.9 Å². The molecule has 2 amide bonds. The number of halogens is 2. The maximum absolute atomic E-state index is 14.0. The van der Waals surface area contributed by atoms with Crippen LogP contribution >= 0.6 is 27.5 Å². The molecular weight excluding hydrogens is 618 g/mol. The Morgan fingerprint density at radius 1 is 1.05 bits per heavy atom. The third kappa shape index (κ3) is 7.99. The molecule has 3 aromatic rings. The second-order valence-corrected chi connectivity index (χ2v) is 12.3. The van der Waals surface area contributed by atoms with Crippen LogP contribution in [0.4, 0.5) is 5.69 Å². The van der Waals surface area contributed by atoms with Crippen molar-refractivity contribution in [3.8, 4) is 5.75 Å². The van der Waals surface area contributed by atoms with Crippen molar-refractivity contribution in [3.63, 3.8) is 0 Å². The number of rotatable bonds is 13. The van der Waals surface area contributed by atoms with Crippen LogP contribution in [0, 0.1) is 0 Å². The van der Waals surface area contributed by atoms with Crippen LogP contribution in [0.25, 0.3) is 0 Å². The van der Waals surface area contributed by atoms with Gasteiger partial charge in [-0.2, -0.15) is 0 Å². The summed E-state index contributed by atoms with van der Waals surface area (Å²) in [6.45, 7) is 3.63. The number of carbonyl (C=O) groups is 2. The minimum Gasteiger partial charge on any atom is -0.495 e. The van der Waals surface area contributed by atoms with Crippen LogP contribution in [0.1, 0.15) is 32.3 Å². The van der Waals surface area contributed by atoms with E-state index in [0.29, 0.717) is 6.54 Å². The molecule has 0 aromatic heterocycles. The Morgan fingerprint density at radius 2 is 1.77 bits per heavy atom. The highest BCUT2D eigenvalue weighted by molar-refractivity contribution is 9.10. The molecule has 0 unspecified atom stereocenters. The van der Waals surface area contributed by atoms with Crippen LogP contribution in [0.5, 0.6) is 5.75 Å². The zero-order chi connectivity index (χ0) is 29.3. The first-order valence-corrected chi connectivity index (χ1v) is 15.4. The molecule has 3 aromatic carbocycles. The second kappa shape index (κ2) is 14.5. The van der Waals surface area contributed by atoms with Gasteiger partial charge in [-0.3, -0.25) is 13.9 Å². The van der Waals surface area contributed by atoms with E-state index in [2.05, 4.69) is 21.2 Å².